The molecule has 1 amide bonds. The molecular formula is C15H23NO2. The van der Waals surface area contributed by atoms with E-state index in [2.05, 4.69) is 11.4 Å². The van der Waals surface area contributed by atoms with Crippen LogP contribution in [0.3, 0.4) is 0 Å². The molecule has 3 rings (SSSR count). The SMILES string of the molecule is O=C(NC1CCOC2(CCCC2)C1)C1=CCCC1. The molecular weight excluding hydrogens is 226 g/mol. The maximum absolute atomic E-state index is 12.1. The fraction of sp³-hybridized carbons (Fsp3) is 0.800. The van der Waals surface area contributed by atoms with Crippen molar-refractivity contribution >= 4 is 5.91 Å². The van der Waals surface area contributed by atoms with E-state index in [1.54, 1.807) is 0 Å². The predicted molar refractivity (Wildman–Crippen MR) is 70.2 cm³/mol. The first-order valence-electron chi connectivity index (χ1n) is 7.41. The summed E-state index contributed by atoms with van der Waals surface area (Å²) in [7, 11) is 0. The van der Waals surface area contributed by atoms with E-state index in [0.717, 1.165) is 44.3 Å². The summed E-state index contributed by atoms with van der Waals surface area (Å²) in [5.74, 6) is 0.174. The van der Waals surface area contributed by atoms with Crippen LogP contribution in [-0.4, -0.2) is 24.2 Å². The number of nitrogens with one attached hydrogen (secondary N) is 1. The van der Waals surface area contributed by atoms with Crippen molar-refractivity contribution in [2.24, 2.45) is 0 Å². The summed E-state index contributed by atoms with van der Waals surface area (Å²) in [6.45, 7) is 0.810. The number of rotatable bonds is 2. The highest BCUT2D eigenvalue weighted by atomic mass is 16.5. The highest BCUT2D eigenvalue weighted by molar-refractivity contribution is 5.93. The Bertz CT molecular complexity index is 356. The summed E-state index contributed by atoms with van der Waals surface area (Å²) in [6.07, 6.45) is 12.2. The van der Waals surface area contributed by atoms with Crippen LogP contribution in [0, 0.1) is 0 Å². The van der Waals surface area contributed by atoms with Gasteiger partial charge in [-0.25, -0.2) is 0 Å². The first-order chi connectivity index (χ1) is 8.77. The molecule has 3 nitrogen and oxygen atoms in total. The molecule has 0 bridgehead atoms. The Labute approximate surface area is 109 Å². The van der Waals surface area contributed by atoms with Gasteiger partial charge in [0.2, 0.25) is 5.91 Å². The first kappa shape index (κ1) is 12.2. The quantitative estimate of drug-likeness (QED) is 0.817. The third kappa shape index (κ3) is 2.46. The van der Waals surface area contributed by atoms with Crippen LogP contribution < -0.4 is 5.32 Å². The van der Waals surface area contributed by atoms with E-state index in [1.165, 1.54) is 25.7 Å². The highest BCUT2D eigenvalue weighted by Crippen LogP contribution is 2.40. The van der Waals surface area contributed by atoms with E-state index in [-0.39, 0.29) is 11.5 Å². The number of allylic oxidation sites excluding steroid dienone is 1. The molecule has 0 aromatic heterocycles. The standard InChI is InChI=1S/C15H23NO2/c17-14(12-5-1-2-6-12)16-13-7-10-18-15(11-13)8-3-4-9-15/h5,13H,1-4,6-11H2,(H,16,17). The molecule has 100 valence electrons. The molecule has 1 N–H and O–H groups in total. The van der Waals surface area contributed by atoms with Crippen LogP contribution in [0.2, 0.25) is 0 Å². The van der Waals surface area contributed by atoms with Gasteiger partial charge in [0.05, 0.1) is 5.60 Å². The molecule has 2 aliphatic carbocycles. The van der Waals surface area contributed by atoms with E-state index < -0.39 is 0 Å². The molecule has 2 fully saturated rings. The Morgan fingerprint density at radius 1 is 1.33 bits per heavy atom. The molecule has 1 unspecified atom stereocenters. The first-order valence-corrected chi connectivity index (χ1v) is 7.41. The Hall–Kier alpha value is -0.830. The van der Waals surface area contributed by atoms with Gasteiger partial charge < -0.3 is 10.1 Å². The van der Waals surface area contributed by atoms with E-state index in [0.29, 0.717) is 6.04 Å². The van der Waals surface area contributed by atoms with Crippen molar-refractivity contribution in [3.05, 3.63) is 11.6 Å². The second-order valence-electron chi connectivity index (χ2n) is 6.02. The lowest BCUT2D eigenvalue weighted by molar-refractivity contribution is -0.121. The van der Waals surface area contributed by atoms with Crippen molar-refractivity contribution in [1.82, 2.24) is 5.32 Å². The van der Waals surface area contributed by atoms with Gasteiger partial charge in [-0.05, 0) is 44.9 Å². The summed E-state index contributed by atoms with van der Waals surface area (Å²) < 4.78 is 6.00. The molecule has 0 aromatic rings. The van der Waals surface area contributed by atoms with Crippen molar-refractivity contribution in [3.63, 3.8) is 0 Å². The third-order valence-electron chi connectivity index (χ3n) is 4.68. The largest absolute Gasteiger partial charge is 0.375 e. The molecule has 1 saturated carbocycles. The van der Waals surface area contributed by atoms with E-state index >= 15 is 0 Å². The van der Waals surface area contributed by atoms with Crippen molar-refractivity contribution in [2.45, 2.75) is 69.4 Å². The average molecular weight is 249 g/mol. The molecule has 1 spiro atoms. The zero-order valence-electron chi connectivity index (χ0n) is 11.0. The van der Waals surface area contributed by atoms with Gasteiger partial charge in [-0.1, -0.05) is 18.9 Å². The second kappa shape index (κ2) is 5.04. The van der Waals surface area contributed by atoms with Crippen LogP contribution in [0.4, 0.5) is 0 Å². The minimum Gasteiger partial charge on any atom is -0.375 e. The topological polar surface area (TPSA) is 38.3 Å². The van der Waals surface area contributed by atoms with Gasteiger partial charge in [0.15, 0.2) is 0 Å². The maximum atomic E-state index is 12.1. The van der Waals surface area contributed by atoms with Gasteiger partial charge in [0.25, 0.3) is 0 Å². The van der Waals surface area contributed by atoms with E-state index in [4.69, 9.17) is 4.74 Å². The van der Waals surface area contributed by atoms with Gasteiger partial charge >= 0.3 is 0 Å². The summed E-state index contributed by atoms with van der Waals surface area (Å²) in [5, 5.41) is 3.22. The molecule has 0 aromatic carbocycles. The molecule has 0 radical (unpaired) electrons. The third-order valence-corrected chi connectivity index (χ3v) is 4.68. The van der Waals surface area contributed by atoms with Crippen LogP contribution >= 0.6 is 0 Å². The van der Waals surface area contributed by atoms with Crippen molar-refractivity contribution in [3.8, 4) is 0 Å². The van der Waals surface area contributed by atoms with Crippen LogP contribution in [0.1, 0.15) is 57.8 Å². The van der Waals surface area contributed by atoms with Crippen molar-refractivity contribution in [1.29, 1.82) is 0 Å². The van der Waals surface area contributed by atoms with E-state index in [9.17, 15) is 4.79 Å². The highest BCUT2D eigenvalue weighted by Gasteiger charge is 2.40. The monoisotopic (exact) mass is 249 g/mol. The van der Waals surface area contributed by atoms with Crippen LogP contribution in [0.15, 0.2) is 11.6 Å². The zero-order valence-corrected chi connectivity index (χ0v) is 11.0. The summed E-state index contributed by atoms with van der Waals surface area (Å²) in [4.78, 5) is 12.1. The maximum Gasteiger partial charge on any atom is 0.247 e. The lowest BCUT2D eigenvalue weighted by atomic mass is 9.89. The average Bonchev–Trinajstić information content (AvgIpc) is 3.01. The van der Waals surface area contributed by atoms with Gasteiger partial charge in [-0.3, -0.25) is 4.79 Å². The number of carbonyl (C=O) groups is 1. The van der Waals surface area contributed by atoms with Crippen LogP contribution in [-0.2, 0) is 9.53 Å². The smallest absolute Gasteiger partial charge is 0.247 e. The normalized spacial score (nSPS) is 30.4. The number of amides is 1. The summed E-state index contributed by atoms with van der Waals surface area (Å²) >= 11 is 0. The molecule has 3 heteroatoms. The summed E-state index contributed by atoms with van der Waals surface area (Å²) in [6, 6.07) is 0.325. The van der Waals surface area contributed by atoms with E-state index in [1.807, 2.05) is 0 Å². The number of hydrogen-bond acceptors (Lipinski definition) is 2. The van der Waals surface area contributed by atoms with Crippen LogP contribution in [0.5, 0.6) is 0 Å². The molecule has 18 heavy (non-hydrogen) atoms. The van der Waals surface area contributed by atoms with Crippen molar-refractivity contribution in [2.75, 3.05) is 6.61 Å². The Morgan fingerprint density at radius 2 is 2.17 bits per heavy atom. The Kier molecular flexibility index (Phi) is 3.42. The Balaban J connectivity index is 1.57. The van der Waals surface area contributed by atoms with Gasteiger partial charge in [0, 0.05) is 18.2 Å². The van der Waals surface area contributed by atoms with Crippen molar-refractivity contribution < 1.29 is 9.53 Å². The number of ether oxygens (including phenoxy) is 1. The minimum atomic E-state index is 0.0975. The summed E-state index contributed by atoms with van der Waals surface area (Å²) in [5.41, 5.74) is 1.10. The van der Waals surface area contributed by atoms with Gasteiger partial charge in [-0.2, -0.15) is 0 Å². The fourth-order valence-corrected chi connectivity index (χ4v) is 3.67. The zero-order chi connectivity index (χ0) is 12.4. The lowest BCUT2D eigenvalue weighted by Gasteiger charge is -2.38. The van der Waals surface area contributed by atoms with Crippen LogP contribution in [0.25, 0.3) is 0 Å². The molecule has 1 heterocycles. The molecule has 1 saturated heterocycles. The Morgan fingerprint density at radius 3 is 2.89 bits per heavy atom. The van der Waals surface area contributed by atoms with Gasteiger partial charge in [0.1, 0.15) is 0 Å². The minimum absolute atomic E-state index is 0.0975. The number of carbonyl (C=O) groups excluding carboxylic acids is 1. The fourth-order valence-electron chi connectivity index (χ4n) is 3.67. The second-order valence-corrected chi connectivity index (χ2v) is 6.02. The molecule has 3 aliphatic rings. The molecule has 1 atom stereocenters. The van der Waals surface area contributed by atoms with Gasteiger partial charge in [-0.15, -0.1) is 0 Å². The molecule has 1 aliphatic heterocycles. The predicted octanol–water partition coefficient (Wildman–Crippen LogP) is 2.70. The number of hydrogen-bond donors (Lipinski definition) is 1. The lowest BCUT2D eigenvalue weighted by Crippen LogP contribution is -2.47.